The van der Waals surface area contributed by atoms with Crippen molar-refractivity contribution < 1.29 is 9.32 Å². The van der Waals surface area contributed by atoms with Gasteiger partial charge in [0.15, 0.2) is 0 Å². The molecule has 1 saturated carbocycles. The Kier molecular flexibility index (Phi) is 5.77. The van der Waals surface area contributed by atoms with Crippen molar-refractivity contribution in [1.29, 1.82) is 0 Å². The van der Waals surface area contributed by atoms with E-state index >= 15 is 0 Å². The first-order valence-electron chi connectivity index (χ1n) is 9.43. The van der Waals surface area contributed by atoms with Crippen LogP contribution >= 0.6 is 0 Å². The van der Waals surface area contributed by atoms with Crippen molar-refractivity contribution >= 4 is 5.91 Å². The molecule has 1 aliphatic carbocycles. The van der Waals surface area contributed by atoms with E-state index in [1.165, 1.54) is 18.4 Å². The lowest BCUT2D eigenvalue weighted by atomic mass is 9.79. The van der Waals surface area contributed by atoms with Crippen LogP contribution in [-0.4, -0.2) is 36.1 Å². The predicted octanol–water partition coefficient (Wildman–Crippen LogP) is 3.35. The average Bonchev–Trinajstić information content (AvgIpc) is 3.24. The number of benzene rings is 1. The summed E-state index contributed by atoms with van der Waals surface area (Å²) < 4.78 is 5.20. The van der Waals surface area contributed by atoms with E-state index in [2.05, 4.69) is 34.7 Å². The molecule has 3 rings (SSSR count). The normalized spacial score (nSPS) is 16.2. The van der Waals surface area contributed by atoms with Gasteiger partial charge < -0.3 is 9.84 Å². The number of rotatable bonds is 7. The Morgan fingerprint density at radius 2 is 1.92 bits per heavy atom. The predicted molar refractivity (Wildman–Crippen MR) is 102 cm³/mol. The highest BCUT2D eigenvalue weighted by molar-refractivity contribution is 5.78. The highest BCUT2D eigenvalue weighted by Crippen LogP contribution is 2.40. The maximum atomic E-state index is 12.5. The molecule has 5 heteroatoms. The van der Waals surface area contributed by atoms with Crippen LogP contribution in [0.4, 0.5) is 0 Å². The van der Waals surface area contributed by atoms with Crippen LogP contribution in [0.2, 0.25) is 0 Å². The number of aryl methyl sites for hydroxylation is 2. The zero-order valence-electron chi connectivity index (χ0n) is 16.0. The molecule has 5 nitrogen and oxygen atoms in total. The van der Waals surface area contributed by atoms with E-state index in [0.717, 1.165) is 36.4 Å². The Morgan fingerprint density at radius 3 is 2.54 bits per heavy atom. The summed E-state index contributed by atoms with van der Waals surface area (Å²) >= 11 is 0. The number of carbonyl (C=O) groups excluding carboxylic acids is 1. The van der Waals surface area contributed by atoms with Crippen molar-refractivity contribution in [2.45, 2.75) is 51.5 Å². The fourth-order valence-electron chi connectivity index (χ4n) is 4.03. The zero-order valence-corrected chi connectivity index (χ0v) is 16.0. The third-order valence-electron chi connectivity index (χ3n) is 5.59. The van der Waals surface area contributed by atoms with Gasteiger partial charge in [-0.25, -0.2) is 0 Å². The highest BCUT2D eigenvalue weighted by atomic mass is 16.5. The topological polar surface area (TPSA) is 58.4 Å². The first-order chi connectivity index (χ1) is 12.5. The third kappa shape index (κ3) is 4.15. The van der Waals surface area contributed by atoms with Crippen molar-refractivity contribution in [3.63, 3.8) is 0 Å². The van der Waals surface area contributed by atoms with Crippen molar-refractivity contribution in [3.05, 3.63) is 52.9 Å². The molecule has 1 heterocycles. The second kappa shape index (κ2) is 8.04. The van der Waals surface area contributed by atoms with Gasteiger partial charge in [-0.2, -0.15) is 0 Å². The van der Waals surface area contributed by atoms with Crippen LogP contribution in [-0.2, 0) is 16.8 Å². The van der Waals surface area contributed by atoms with Crippen LogP contribution in [0.1, 0.15) is 48.3 Å². The summed E-state index contributed by atoms with van der Waals surface area (Å²) in [6.07, 6.45) is 4.76. The molecule has 0 radical (unpaired) electrons. The minimum atomic E-state index is 0.0708. The lowest BCUT2D eigenvalue weighted by Gasteiger charge is -2.30. The van der Waals surface area contributed by atoms with Crippen LogP contribution in [0.3, 0.4) is 0 Å². The van der Waals surface area contributed by atoms with Crippen LogP contribution in [0.5, 0.6) is 0 Å². The Hall–Kier alpha value is -2.14. The summed E-state index contributed by atoms with van der Waals surface area (Å²) in [4.78, 5) is 14.5. The van der Waals surface area contributed by atoms with Gasteiger partial charge in [0.05, 0.1) is 12.2 Å². The monoisotopic (exact) mass is 355 g/mol. The Morgan fingerprint density at radius 1 is 1.23 bits per heavy atom. The van der Waals surface area contributed by atoms with Crippen LogP contribution in [0.15, 0.2) is 34.9 Å². The van der Waals surface area contributed by atoms with E-state index in [0.29, 0.717) is 13.1 Å². The summed E-state index contributed by atoms with van der Waals surface area (Å²) in [5, 5.41) is 7.16. The number of carbonyl (C=O) groups is 1. The molecule has 0 atom stereocenters. The molecule has 0 spiro atoms. The smallest absolute Gasteiger partial charge is 0.234 e. The second-order valence-electron chi connectivity index (χ2n) is 7.61. The van der Waals surface area contributed by atoms with E-state index in [1.54, 1.807) is 0 Å². The molecule has 1 aliphatic rings. The summed E-state index contributed by atoms with van der Waals surface area (Å²) in [5.74, 6) is 0.894. The van der Waals surface area contributed by atoms with Gasteiger partial charge in [-0.05, 0) is 39.3 Å². The molecule has 0 aliphatic heterocycles. The molecule has 140 valence electrons. The first kappa shape index (κ1) is 18.6. The molecule has 2 aromatic rings. The number of aromatic nitrogens is 1. The van der Waals surface area contributed by atoms with Crippen LogP contribution < -0.4 is 5.32 Å². The van der Waals surface area contributed by atoms with Gasteiger partial charge in [-0.1, -0.05) is 48.3 Å². The fourth-order valence-corrected chi connectivity index (χ4v) is 4.03. The van der Waals surface area contributed by atoms with E-state index in [4.69, 9.17) is 4.52 Å². The van der Waals surface area contributed by atoms with Gasteiger partial charge in [-0.3, -0.25) is 9.69 Å². The molecule has 1 aromatic carbocycles. The minimum absolute atomic E-state index is 0.0708. The molecule has 0 saturated heterocycles. The molecule has 1 aromatic heterocycles. The molecule has 1 fully saturated rings. The molecule has 0 bridgehead atoms. The Labute approximate surface area is 155 Å². The fraction of sp³-hybridized carbons (Fsp3) is 0.524. The van der Waals surface area contributed by atoms with Gasteiger partial charge in [0.1, 0.15) is 5.76 Å². The molecular weight excluding hydrogens is 326 g/mol. The Balaban J connectivity index is 1.56. The van der Waals surface area contributed by atoms with E-state index in [-0.39, 0.29) is 11.3 Å². The van der Waals surface area contributed by atoms with Gasteiger partial charge in [0, 0.05) is 24.1 Å². The number of amides is 1. The molecule has 1 N–H and O–H groups in total. The average molecular weight is 355 g/mol. The van der Waals surface area contributed by atoms with E-state index in [1.807, 2.05) is 31.9 Å². The quantitative estimate of drug-likeness (QED) is 0.827. The van der Waals surface area contributed by atoms with Crippen molar-refractivity contribution in [3.8, 4) is 0 Å². The van der Waals surface area contributed by atoms with Crippen LogP contribution in [0.25, 0.3) is 0 Å². The maximum absolute atomic E-state index is 12.5. The number of hydrogen-bond acceptors (Lipinski definition) is 4. The number of likely N-dealkylation sites (N-methyl/N-ethyl adjacent to an activating group) is 1. The van der Waals surface area contributed by atoms with Crippen molar-refractivity contribution in [1.82, 2.24) is 15.4 Å². The SMILES string of the molecule is Cc1noc(C)c1CN(C)CC(=O)NCC1(c2ccccc2)CCCC1. The summed E-state index contributed by atoms with van der Waals surface area (Å²) in [6, 6.07) is 10.6. The zero-order chi connectivity index (χ0) is 18.6. The maximum Gasteiger partial charge on any atom is 0.234 e. The third-order valence-corrected chi connectivity index (χ3v) is 5.59. The molecular formula is C21H29N3O2. The summed E-state index contributed by atoms with van der Waals surface area (Å²) in [5.41, 5.74) is 3.40. The number of nitrogens with one attached hydrogen (secondary N) is 1. The van der Waals surface area contributed by atoms with Gasteiger partial charge in [-0.15, -0.1) is 0 Å². The lowest BCUT2D eigenvalue weighted by molar-refractivity contribution is -0.122. The largest absolute Gasteiger partial charge is 0.361 e. The lowest BCUT2D eigenvalue weighted by Crippen LogP contribution is -2.42. The van der Waals surface area contributed by atoms with Crippen molar-refractivity contribution in [2.24, 2.45) is 0 Å². The first-order valence-corrected chi connectivity index (χ1v) is 9.43. The standard InChI is InChI=1S/C21H29N3O2/c1-16-19(17(2)26-23-16)13-24(3)14-20(25)22-15-21(11-7-8-12-21)18-9-5-4-6-10-18/h4-6,9-10H,7-8,11-15H2,1-3H3,(H,22,25). The molecule has 1 amide bonds. The van der Waals surface area contributed by atoms with E-state index < -0.39 is 0 Å². The number of nitrogens with zero attached hydrogens (tertiary/aromatic N) is 2. The highest BCUT2D eigenvalue weighted by Gasteiger charge is 2.35. The second-order valence-corrected chi connectivity index (χ2v) is 7.61. The van der Waals surface area contributed by atoms with E-state index in [9.17, 15) is 4.79 Å². The number of hydrogen-bond donors (Lipinski definition) is 1. The van der Waals surface area contributed by atoms with Gasteiger partial charge in [0.2, 0.25) is 5.91 Å². The van der Waals surface area contributed by atoms with Crippen LogP contribution in [0, 0.1) is 13.8 Å². The van der Waals surface area contributed by atoms with Gasteiger partial charge >= 0.3 is 0 Å². The van der Waals surface area contributed by atoms with Crippen molar-refractivity contribution in [2.75, 3.05) is 20.1 Å². The Bertz CT molecular complexity index is 713. The molecule has 0 unspecified atom stereocenters. The summed E-state index contributed by atoms with van der Waals surface area (Å²) in [7, 11) is 1.95. The molecule has 26 heavy (non-hydrogen) atoms. The summed E-state index contributed by atoms with van der Waals surface area (Å²) in [6.45, 7) is 5.60. The van der Waals surface area contributed by atoms with Gasteiger partial charge in [0.25, 0.3) is 0 Å². The minimum Gasteiger partial charge on any atom is -0.361 e.